The van der Waals surface area contributed by atoms with Gasteiger partial charge in [-0.15, -0.1) is 0 Å². The molecule has 0 saturated heterocycles. The maximum Gasteiger partial charge on any atom is 0.334 e. The fraction of sp³-hybridized carbons (Fsp3) is 0.500. The van der Waals surface area contributed by atoms with E-state index in [0.717, 1.165) is 0 Å². The van der Waals surface area contributed by atoms with Gasteiger partial charge in [0.25, 0.3) is 5.91 Å². The summed E-state index contributed by atoms with van der Waals surface area (Å²) in [5.74, 6) is -1.72. The molecule has 1 heterocycles. The van der Waals surface area contributed by atoms with Gasteiger partial charge in [-0.3, -0.25) is 9.59 Å². The highest BCUT2D eigenvalue weighted by molar-refractivity contribution is 6.02. The van der Waals surface area contributed by atoms with E-state index in [1.807, 2.05) is 6.92 Å². The number of ether oxygens (including phenoxy) is 1. The molecule has 0 fully saturated rings. The van der Waals surface area contributed by atoms with Crippen molar-refractivity contribution < 1.29 is 24.2 Å². The first-order valence-electron chi connectivity index (χ1n) is 6.59. The van der Waals surface area contributed by atoms with E-state index >= 15 is 0 Å². The van der Waals surface area contributed by atoms with Gasteiger partial charge in [0.15, 0.2) is 11.9 Å². The van der Waals surface area contributed by atoms with Crippen molar-refractivity contribution in [2.75, 3.05) is 13.7 Å². The minimum atomic E-state index is -1.15. The number of rotatable bonds is 7. The van der Waals surface area contributed by atoms with Gasteiger partial charge >= 0.3 is 5.97 Å². The number of hydrogen-bond donors (Lipinski definition) is 3. The molecule has 0 spiro atoms. The molecular formula is C14H20N2O5. The van der Waals surface area contributed by atoms with Crippen LogP contribution in [-0.2, 0) is 16.0 Å². The number of hydrogen-bond acceptors (Lipinski definition) is 4. The number of aromatic nitrogens is 1. The van der Waals surface area contributed by atoms with Crippen LogP contribution in [0, 0.1) is 6.92 Å². The van der Waals surface area contributed by atoms with Crippen LogP contribution in [-0.4, -0.2) is 47.5 Å². The number of amides is 1. The second-order valence-corrected chi connectivity index (χ2v) is 4.66. The zero-order chi connectivity index (χ0) is 16.2. The van der Waals surface area contributed by atoms with Crippen LogP contribution in [0.3, 0.4) is 0 Å². The molecule has 116 valence electrons. The SMILES string of the molecule is CCc1c(C(=O)NCC(OC)C(=O)O)[nH]c(C)c1C(C)=O. The highest BCUT2D eigenvalue weighted by Gasteiger charge is 2.23. The van der Waals surface area contributed by atoms with Crippen molar-refractivity contribution in [3.05, 3.63) is 22.5 Å². The molecule has 3 N–H and O–H groups in total. The maximum atomic E-state index is 12.2. The van der Waals surface area contributed by atoms with Crippen molar-refractivity contribution in [2.45, 2.75) is 33.3 Å². The zero-order valence-electron chi connectivity index (χ0n) is 12.6. The topological polar surface area (TPSA) is 108 Å². The number of ketones is 1. The molecule has 1 unspecified atom stereocenters. The number of nitrogens with one attached hydrogen (secondary N) is 2. The summed E-state index contributed by atoms with van der Waals surface area (Å²) in [6, 6.07) is 0. The smallest absolute Gasteiger partial charge is 0.334 e. The predicted molar refractivity (Wildman–Crippen MR) is 75.7 cm³/mol. The van der Waals surface area contributed by atoms with E-state index in [9.17, 15) is 14.4 Å². The summed E-state index contributed by atoms with van der Waals surface area (Å²) in [6.45, 7) is 4.87. The number of aliphatic carboxylic acids is 1. The summed E-state index contributed by atoms with van der Waals surface area (Å²) in [5, 5.41) is 11.3. The quantitative estimate of drug-likeness (QED) is 0.648. The van der Waals surface area contributed by atoms with Gasteiger partial charge in [0, 0.05) is 18.4 Å². The highest BCUT2D eigenvalue weighted by Crippen LogP contribution is 2.20. The third-order valence-corrected chi connectivity index (χ3v) is 3.23. The Morgan fingerprint density at radius 3 is 2.43 bits per heavy atom. The Bertz CT molecular complexity index is 562. The van der Waals surface area contributed by atoms with E-state index < -0.39 is 18.0 Å². The summed E-state index contributed by atoms with van der Waals surface area (Å²) in [6.07, 6.45) is -0.586. The van der Waals surface area contributed by atoms with Crippen LogP contribution >= 0.6 is 0 Å². The monoisotopic (exact) mass is 296 g/mol. The predicted octanol–water partition coefficient (Wildman–Crippen LogP) is 0.918. The minimum Gasteiger partial charge on any atom is -0.479 e. The molecule has 0 saturated carbocycles. The lowest BCUT2D eigenvalue weighted by Gasteiger charge is -2.11. The van der Waals surface area contributed by atoms with Crippen LogP contribution in [0.2, 0.25) is 0 Å². The van der Waals surface area contributed by atoms with E-state index in [-0.39, 0.29) is 12.3 Å². The highest BCUT2D eigenvalue weighted by atomic mass is 16.5. The first kappa shape index (κ1) is 16.9. The summed E-state index contributed by atoms with van der Waals surface area (Å²) < 4.78 is 4.74. The summed E-state index contributed by atoms with van der Waals surface area (Å²) in [5.41, 5.74) is 2.08. The van der Waals surface area contributed by atoms with Crippen LogP contribution in [0.15, 0.2) is 0 Å². The van der Waals surface area contributed by atoms with Crippen molar-refractivity contribution in [3.8, 4) is 0 Å². The molecule has 1 amide bonds. The Balaban J connectivity index is 2.96. The molecule has 21 heavy (non-hydrogen) atoms. The number of aromatic amines is 1. The van der Waals surface area contributed by atoms with Gasteiger partial charge in [0.05, 0.1) is 6.54 Å². The first-order valence-corrected chi connectivity index (χ1v) is 6.59. The normalized spacial score (nSPS) is 12.0. The van der Waals surface area contributed by atoms with E-state index in [4.69, 9.17) is 9.84 Å². The number of carbonyl (C=O) groups excluding carboxylic acids is 2. The van der Waals surface area contributed by atoms with E-state index in [0.29, 0.717) is 28.9 Å². The van der Waals surface area contributed by atoms with Crippen LogP contribution in [0.25, 0.3) is 0 Å². The third-order valence-electron chi connectivity index (χ3n) is 3.23. The Morgan fingerprint density at radius 1 is 1.38 bits per heavy atom. The largest absolute Gasteiger partial charge is 0.479 e. The van der Waals surface area contributed by atoms with Crippen molar-refractivity contribution in [1.82, 2.24) is 10.3 Å². The molecule has 1 rings (SSSR count). The molecule has 0 radical (unpaired) electrons. The average molecular weight is 296 g/mol. The van der Waals surface area contributed by atoms with Gasteiger partial charge < -0.3 is 20.1 Å². The van der Waals surface area contributed by atoms with Crippen LogP contribution in [0.5, 0.6) is 0 Å². The number of carboxylic acid groups (broad SMARTS) is 1. The molecule has 0 aliphatic carbocycles. The van der Waals surface area contributed by atoms with Crippen molar-refractivity contribution in [1.29, 1.82) is 0 Å². The number of carboxylic acids is 1. The average Bonchev–Trinajstić information content (AvgIpc) is 2.75. The Hall–Kier alpha value is -2.15. The second-order valence-electron chi connectivity index (χ2n) is 4.66. The Morgan fingerprint density at radius 2 is 2.00 bits per heavy atom. The molecule has 0 aromatic carbocycles. The minimum absolute atomic E-state index is 0.111. The molecular weight excluding hydrogens is 276 g/mol. The van der Waals surface area contributed by atoms with Crippen LogP contribution < -0.4 is 5.32 Å². The number of carbonyl (C=O) groups is 3. The number of H-pyrrole nitrogens is 1. The van der Waals surface area contributed by atoms with E-state index in [1.54, 1.807) is 6.92 Å². The molecule has 0 bridgehead atoms. The lowest BCUT2D eigenvalue weighted by Crippen LogP contribution is -2.38. The molecule has 1 aromatic rings. The fourth-order valence-electron chi connectivity index (χ4n) is 2.25. The number of methoxy groups -OCH3 is 1. The van der Waals surface area contributed by atoms with Gasteiger partial charge in [0.1, 0.15) is 5.69 Å². The molecule has 0 aliphatic heterocycles. The first-order chi connectivity index (χ1) is 9.83. The van der Waals surface area contributed by atoms with Crippen LogP contribution in [0.1, 0.15) is 46.0 Å². The van der Waals surface area contributed by atoms with E-state index in [2.05, 4.69) is 10.3 Å². The lowest BCUT2D eigenvalue weighted by molar-refractivity contribution is -0.148. The number of aryl methyl sites for hydroxylation is 1. The molecule has 7 nitrogen and oxygen atoms in total. The maximum absolute atomic E-state index is 12.2. The number of Topliss-reactive ketones (excluding diaryl/α,β-unsaturated/α-hetero) is 1. The lowest BCUT2D eigenvalue weighted by atomic mass is 10.0. The zero-order valence-corrected chi connectivity index (χ0v) is 12.6. The molecule has 0 aliphatic rings. The molecule has 1 atom stereocenters. The van der Waals surface area contributed by atoms with Gasteiger partial charge in [-0.05, 0) is 25.8 Å². The van der Waals surface area contributed by atoms with E-state index in [1.165, 1.54) is 14.0 Å². The summed E-state index contributed by atoms with van der Waals surface area (Å²) >= 11 is 0. The van der Waals surface area contributed by atoms with Crippen molar-refractivity contribution in [3.63, 3.8) is 0 Å². The van der Waals surface area contributed by atoms with Crippen molar-refractivity contribution >= 4 is 17.7 Å². The third kappa shape index (κ3) is 3.69. The summed E-state index contributed by atoms with van der Waals surface area (Å²) in [7, 11) is 1.26. The van der Waals surface area contributed by atoms with Gasteiger partial charge in [-0.2, -0.15) is 0 Å². The van der Waals surface area contributed by atoms with Gasteiger partial charge in [-0.25, -0.2) is 4.79 Å². The molecule has 1 aromatic heterocycles. The molecule has 7 heteroatoms. The summed E-state index contributed by atoms with van der Waals surface area (Å²) in [4.78, 5) is 37.5. The Kier molecular flexibility index (Phi) is 5.66. The second kappa shape index (κ2) is 7.03. The van der Waals surface area contributed by atoms with Gasteiger partial charge in [-0.1, -0.05) is 6.92 Å². The standard InChI is InChI=1S/C14H20N2O5/c1-5-9-11(8(3)17)7(2)16-12(9)13(18)15-6-10(21-4)14(19)20/h10,16H,5-6H2,1-4H3,(H,15,18)(H,19,20). The van der Waals surface area contributed by atoms with Crippen molar-refractivity contribution in [2.24, 2.45) is 0 Å². The van der Waals surface area contributed by atoms with Crippen LogP contribution in [0.4, 0.5) is 0 Å². The van der Waals surface area contributed by atoms with Gasteiger partial charge in [0.2, 0.25) is 0 Å². The fourth-order valence-corrected chi connectivity index (χ4v) is 2.25. The Labute approximate surface area is 122 Å².